The number of nitrogens with one attached hydrogen (secondary N) is 1. The van der Waals surface area contributed by atoms with Gasteiger partial charge in [-0.1, -0.05) is 6.92 Å². The Morgan fingerprint density at radius 1 is 1.36 bits per heavy atom. The third-order valence-corrected chi connectivity index (χ3v) is 5.98. The molecular weight excluding hydrogens is 380 g/mol. The highest BCUT2D eigenvalue weighted by Crippen LogP contribution is 2.23. The lowest BCUT2D eigenvalue weighted by Crippen LogP contribution is -2.39. The van der Waals surface area contributed by atoms with Crippen LogP contribution >= 0.6 is 38.6 Å². The molecule has 22 heavy (non-hydrogen) atoms. The van der Waals surface area contributed by atoms with E-state index in [1.807, 2.05) is 13.2 Å². The first kappa shape index (κ1) is 17.4. The van der Waals surface area contributed by atoms with Crippen molar-refractivity contribution in [2.24, 2.45) is 4.99 Å². The molecule has 2 rings (SSSR count). The molecule has 0 aliphatic heterocycles. The van der Waals surface area contributed by atoms with E-state index < -0.39 is 0 Å². The molecule has 0 saturated heterocycles. The van der Waals surface area contributed by atoms with Gasteiger partial charge in [-0.3, -0.25) is 4.99 Å². The van der Waals surface area contributed by atoms with Crippen LogP contribution in [-0.4, -0.2) is 36.5 Å². The summed E-state index contributed by atoms with van der Waals surface area (Å²) < 4.78 is 1.16. The lowest BCUT2D eigenvalue weighted by atomic mass is 10.4. The van der Waals surface area contributed by atoms with E-state index in [2.05, 4.69) is 62.2 Å². The SMILES string of the molecule is CCc1cnc(CCNC(=NC)N(C)Cc2ccc(Br)s2)s1. The number of guanidine groups is 1. The summed E-state index contributed by atoms with van der Waals surface area (Å²) in [6, 6.07) is 4.22. The largest absolute Gasteiger partial charge is 0.356 e. The number of aliphatic imine (C=N–C) groups is 1. The molecule has 0 unspecified atom stereocenters. The number of aromatic nitrogens is 1. The smallest absolute Gasteiger partial charge is 0.193 e. The molecule has 2 aromatic heterocycles. The molecule has 0 bridgehead atoms. The van der Waals surface area contributed by atoms with Crippen LogP contribution in [0, 0.1) is 0 Å². The summed E-state index contributed by atoms with van der Waals surface area (Å²) in [5.74, 6) is 0.914. The fourth-order valence-electron chi connectivity index (χ4n) is 2.04. The van der Waals surface area contributed by atoms with Crippen molar-refractivity contribution < 1.29 is 0 Å². The highest BCUT2D eigenvalue weighted by atomic mass is 79.9. The Hall–Kier alpha value is -0.920. The van der Waals surface area contributed by atoms with Crippen LogP contribution < -0.4 is 5.32 Å². The van der Waals surface area contributed by atoms with Gasteiger partial charge < -0.3 is 10.2 Å². The minimum Gasteiger partial charge on any atom is -0.356 e. The number of nitrogens with zero attached hydrogens (tertiary/aromatic N) is 3. The van der Waals surface area contributed by atoms with Crippen molar-refractivity contribution in [2.45, 2.75) is 26.3 Å². The second-order valence-electron chi connectivity index (χ2n) is 4.86. The summed E-state index contributed by atoms with van der Waals surface area (Å²) in [4.78, 5) is 13.6. The third-order valence-electron chi connectivity index (χ3n) is 3.17. The molecule has 7 heteroatoms. The van der Waals surface area contributed by atoms with Gasteiger partial charge in [-0.05, 0) is 34.5 Å². The van der Waals surface area contributed by atoms with Crippen LogP contribution in [0.3, 0.4) is 0 Å². The number of hydrogen-bond donors (Lipinski definition) is 1. The zero-order valence-corrected chi connectivity index (χ0v) is 16.3. The lowest BCUT2D eigenvalue weighted by Gasteiger charge is -2.21. The van der Waals surface area contributed by atoms with Gasteiger partial charge in [-0.25, -0.2) is 4.98 Å². The van der Waals surface area contributed by atoms with Gasteiger partial charge in [0, 0.05) is 43.0 Å². The second-order valence-corrected chi connectivity index (χ2v) is 8.61. The van der Waals surface area contributed by atoms with Gasteiger partial charge in [-0.15, -0.1) is 22.7 Å². The maximum atomic E-state index is 4.45. The van der Waals surface area contributed by atoms with Crippen molar-refractivity contribution >= 4 is 44.6 Å². The van der Waals surface area contributed by atoms with Gasteiger partial charge in [0.1, 0.15) is 0 Å². The van der Waals surface area contributed by atoms with Crippen molar-refractivity contribution in [2.75, 3.05) is 20.6 Å². The fraction of sp³-hybridized carbons (Fsp3) is 0.467. The number of rotatable bonds is 6. The summed E-state index contributed by atoms with van der Waals surface area (Å²) in [6.45, 7) is 3.87. The van der Waals surface area contributed by atoms with Crippen molar-refractivity contribution in [3.8, 4) is 0 Å². The van der Waals surface area contributed by atoms with Crippen LogP contribution in [0.25, 0.3) is 0 Å². The van der Waals surface area contributed by atoms with Crippen LogP contribution in [0.2, 0.25) is 0 Å². The monoisotopic (exact) mass is 400 g/mol. The summed E-state index contributed by atoms with van der Waals surface area (Å²) in [5.41, 5.74) is 0. The molecule has 1 N–H and O–H groups in total. The van der Waals surface area contributed by atoms with Crippen molar-refractivity contribution in [1.29, 1.82) is 0 Å². The number of thiophene rings is 1. The minimum absolute atomic E-state index is 0.849. The van der Waals surface area contributed by atoms with Gasteiger partial charge in [0.05, 0.1) is 15.3 Å². The first-order chi connectivity index (χ1) is 10.6. The van der Waals surface area contributed by atoms with Crippen LogP contribution in [0.15, 0.2) is 27.1 Å². The molecule has 0 aliphatic rings. The standard InChI is InChI=1S/C15H21BrN4S2/c1-4-11-9-19-14(22-11)7-8-18-15(17-2)20(3)10-12-5-6-13(16)21-12/h5-6,9H,4,7-8,10H2,1-3H3,(H,17,18). The van der Waals surface area contributed by atoms with Crippen LogP contribution in [0.4, 0.5) is 0 Å². The molecule has 0 atom stereocenters. The summed E-state index contributed by atoms with van der Waals surface area (Å²) in [6.07, 6.45) is 3.98. The van der Waals surface area contributed by atoms with Crippen LogP contribution in [-0.2, 0) is 19.4 Å². The van der Waals surface area contributed by atoms with Crippen molar-refractivity contribution in [3.05, 3.63) is 36.9 Å². The maximum absolute atomic E-state index is 4.45. The van der Waals surface area contributed by atoms with Crippen molar-refractivity contribution in [3.63, 3.8) is 0 Å². The third kappa shape index (κ3) is 5.07. The molecule has 2 aromatic rings. The predicted octanol–water partition coefficient (Wildman–Crippen LogP) is 3.78. The Kier molecular flexibility index (Phi) is 6.85. The summed E-state index contributed by atoms with van der Waals surface area (Å²) in [7, 11) is 3.88. The van der Waals surface area contributed by atoms with Crippen LogP contribution in [0.5, 0.6) is 0 Å². The second kappa shape index (κ2) is 8.64. The number of halogens is 1. The molecular formula is C15H21BrN4S2. The maximum Gasteiger partial charge on any atom is 0.193 e. The van der Waals surface area contributed by atoms with E-state index in [9.17, 15) is 0 Å². The van der Waals surface area contributed by atoms with E-state index in [1.165, 1.54) is 14.8 Å². The highest BCUT2D eigenvalue weighted by molar-refractivity contribution is 9.11. The first-order valence-electron chi connectivity index (χ1n) is 7.22. The minimum atomic E-state index is 0.849. The average Bonchev–Trinajstić information content (AvgIpc) is 3.12. The zero-order valence-electron chi connectivity index (χ0n) is 13.1. The molecule has 0 saturated carbocycles. The topological polar surface area (TPSA) is 40.5 Å². The lowest BCUT2D eigenvalue weighted by molar-refractivity contribution is 0.482. The Morgan fingerprint density at radius 2 is 2.18 bits per heavy atom. The van der Waals surface area contributed by atoms with E-state index in [-0.39, 0.29) is 0 Å². The summed E-state index contributed by atoms with van der Waals surface area (Å²) in [5, 5.41) is 4.59. The quantitative estimate of drug-likeness (QED) is 0.592. The molecule has 0 amide bonds. The molecule has 0 fully saturated rings. The molecule has 0 aromatic carbocycles. The molecule has 0 spiro atoms. The predicted molar refractivity (Wildman–Crippen MR) is 100 cm³/mol. The zero-order chi connectivity index (χ0) is 15.9. The normalized spacial score (nSPS) is 11.7. The van der Waals surface area contributed by atoms with Gasteiger partial charge in [-0.2, -0.15) is 0 Å². The Labute approximate surface area is 148 Å². The van der Waals surface area contributed by atoms with Gasteiger partial charge >= 0.3 is 0 Å². The molecule has 0 aliphatic carbocycles. The first-order valence-corrected chi connectivity index (χ1v) is 9.64. The average molecular weight is 401 g/mol. The molecule has 2 heterocycles. The van der Waals surface area contributed by atoms with E-state index in [0.717, 1.165) is 35.7 Å². The molecule has 0 radical (unpaired) electrons. The van der Waals surface area contributed by atoms with E-state index >= 15 is 0 Å². The number of hydrogen-bond acceptors (Lipinski definition) is 4. The van der Waals surface area contributed by atoms with Gasteiger partial charge in [0.25, 0.3) is 0 Å². The van der Waals surface area contributed by atoms with Gasteiger partial charge in [0.15, 0.2) is 5.96 Å². The van der Waals surface area contributed by atoms with E-state index in [0.29, 0.717) is 0 Å². The summed E-state index contributed by atoms with van der Waals surface area (Å²) >= 11 is 7.05. The fourth-order valence-corrected chi connectivity index (χ4v) is 4.44. The Balaban J connectivity index is 1.81. The Morgan fingerprint density at radius 3 is 2.77 bits per heavy atom. The van der Waals surface area contributed by atoms with E-state index in [4.69, 9.17) is 0 Å². The Bertz CT molecular complexity index is 621. The van der Waals surface area contributed by atoms with Crippen LogP contribution in [0.1, 0.15) is 21.7 Å². The van der Waals surface area contributed by atoms with Gasteiger partial charge in [0.2, 0.25) is 0 Å². The number of thiazole rings is 1. The van der Waals surface area contributed by atoms with Crippen molar-refractivity contribution in [1.82, 2.24) is 15.2 Å². The highest BCUT2D eigenvalue weighted by Gasteiger charge is 2.08. The van der Waals surface area contributed by atoms with E-state index in [1.54, 1.807) is 22.7 Å². The molecule has 120 valence electrons. The number of aryl methyl sites for hydroxylation is 1. The molecule has 4 nitrogen and oxygen atoms in total.